The topological polar surface area (TPSA) is 72.5 Å². The summed E-state index contributed by atoms with van der Waals surface area (Å²) in [5.74, 6) is -0.182. The Labute approximate surface area is 125 Å². The maximum absolute atomic E-state index is 12.2. The highest BCUT2D eigenvalue weighted by Crippen LogP contribution is 2.28. The Balaban J connectivity index is 2.16. The second-order valence-corrected chi connectivity index (χ2v) is 7.70. The van der Waals surface area contributed by atoms with Crippen LogP contribution in [0.5, 0.6) is 0 Å². The van der Waals surface area contributed by atoms with Crippen molar-refractivity contribution in [2.75, 3.05) is 13.2 Å². The van der Waals surface area contributed by atoms with Gasteiger partial charge in [0.25, 0.3) is 10.0 Å². The van der Waals surface area contributed by atoms with Crippen LogP contribution >= 0.6 is 0 Å². The number of amides is 1. The highest BCUT2D eigenvalue weighted by atomic mass is 32.2. The Hall–Kier alpha value is -1.40. The summed E-state index contributed by atoms with van der Waals surface area (Å²) >= 11 is 0. The smallest absolute Gasteiger partial charge is 0.264 e. The molecule has 1 atom stereocenters. The van der Waals surface area contributed by atoms with Crippen molar-refractivity contribution >= 4 is 15.9 Å². The molecule has 2 rings (SSSR count). The Morgan fingerprint density at radius 3 is 2.38 bits per heavy atom. The predicted molar refractivity (Wildman–Crippen MR) is 79.4 cm³/mol. The van der Waals surface area contributed by atoms with Crippen molar-refractivity contribution in [3.05, 3.63) is 29.8 Å². The summed E-state index contributed by atoms with van der Waals surface area (Å²) < 4.78 is 31.8. The van der Waals surface area contributed by atoms with Crippen molar-refractivity contribution in [1.82, 2.24) is 4.72 Å². The number of carbonyl (C=O) groups excluding carboxylic acids is 1. The van der Waals surface area contributed by atoms with Crippen LogP contribution in [0.2, 0.25) is 0 Å². The van der Waals surface area contributed by atoms with Gasteiger partial charge in [-0.3, -0.25) is 4.79 Å². The molecule has 1 aliphatic rings. The minimum Gasteiger partial charge on any atom is -0.380 e. The number of ether oxygens (including phenoxy) is 1. The first kappa shape index (κ1) is 16.0. The van der Waals surface area contributed by atoms with Gasteiger partial charge in [0.1, 0.15) is 0 Å². The standard InChI is InChI=1S/C15H21NO4S/c1-11(2)12-4-6-13(7-5-12)21(18,19)16-14(17)15(3)8-9-20-10-15/h4-7,11H,8-10H2,1-3H3,(H,16,17). The van der Waals surface area contributed by atoms with Gasteiger partial charge in [-0.1, -0.05) is 26.0 Å². The molecule has 1 amide bonds. The van der Waals surface area contributed by atoms with E-state index in [1.165, 1.54) is 12.1 Å². The van der Waals surface area contributed by atoms with E-state index in [1.54, 1.807) is 19.1 Å². The highest BCUT2D eigenvalue weighted by molar-refractivity contribution is 7.90. The molecule has 1 unspecified atom stereocenters. The molecule has 0 aliphatic carbocycles. The molecule has 116 valence electrons. The first-order valence-electron chi connectivity index (χ1n) is 6.99. The van der Waals surface area contributed by atoms with Crippen LogP contribution in [-0.4, -0.2) is 27.5 Å². The van der Waals surface area contributed by atoms with Crippen LogP contribution in [0.25, 0.3) is 0 Å². The molecule has 0 aromatic heterocycles. The van der Waals surface area contributed by atoms with E-state index in [4.69, 9.17) is 4.74 Å². The number of carbonyl (C=O) groups is 1. The van der Waals surface area contributed by atoms with Gasteiger partial charge in [-0.2, -0.15) is 0 Å². The van der Waals surface area contributed by atoms with Gasteiger partial charge in [0.15, 0.2) is 0 Å². The van der Waals surface area contributed by atoms with Crippen LogP contribution in [0, 0.1) is 5.41 Å². The van der Waals surface area contributed by atoms with Crippen molar-refractivity contribution in [2.45, 2.75) is 38.0 Å². The van der Waals surface area contributed by atoms with Gasteiger partial charge in [0.05, 0.1) is 16.9 Å². The van der Waals surface area contributed by atoms with E-state index in [9.17, 15) is 13.2 Å². The monoisotopic (exact) mass is 311 g/mol. The van der Waals surface area contributed by atoms with Crippen LogP contribution in [0.4, 0.5) is 0 Å². The van der Waals surface area contributed by atoms with E-state index in [0.717, 1.165) is 5.56 Å². The van der Waals surface area contributed by atoms with E-state index in [1.807, 2.05) is 13.8 Å². The maximum Gasteiger partial charge on any atom is 0.264 e. The van der Waals surface area contributed by atoms with Crippen molar-refractivity contribution in [1.29, 1.82) is 0 Å². The van der Waals surface area contributed by atoms with Crippen LogP contribution in [-0.2, 0) is 19.6 Å². The van der Waals surface area contributed by atoms with Crippen LogP contribution in [0.15, 0.2) is 29.2 Å². The third-order valence-corrected chi connectivity index (χ3v) is 5.20. The van der Waals surface area contributed by atoms with Gasteiger partial charge in [-0.05, 0) is 37.0 Å². The number of rotatable bonds is 4. The summed E-state index contributed by atoms with van der Waals surface area (Å²) in [7, 11) is -3.83. The van der Waals surface area contributed by atoms with E-state index in [0.29, 0.717) is 18.9 Å². The fraction of sp³-hybridized carbons (Fsp3) is 0.533. The van der Waals surface area contributed by atoms with Gasteiger partial charge in [-0.25, -0.2) is 13.1 Å². The Morgan fingerprint density at radius 1 is 1.29 bits per heavy atom. The minimum absolute atomic E-state index is 0.0998. The highest BCUT2D eigenvalue weighted by Gasteiger charge is 2.39. The zero-order chi connectivity index (χ0) is 15.7. The second-order valence-electron chi connectivity index (χ2n) is 6.02. The van der Waals surface area contributed by atoms with Gasteiger partial charge in [-0.15, -0.1) is 0 Å². The molecule has 0 saturated carbocycles. The fourth-order valence-electron chi connectivity index (χ4n) is 2.18. The molecular formula is C15H21NO4S. The lowest BCUT2D eigenvalue weighted by atomic mass is 9.89. The molecule has 5 nitrogen and oxygen atoms in total. The summed E-state index contributed by atoms with van der Waals surface area (Å²) in [6.45, 7) is 6.51. The summed E-state index contributed by atoms with van der Waals surface area (Å²) in [5, 5.41) is 0. The summed E-state index contributed by atoms with van der Waals surface area (Å²) in [6, 6.07) is 6.59. The molecule has 1 aliphatic heterocycles. The minimum atomic E-state index is -3.83. The molecule has 0 radical (unpaired) electrons. The lowest BCUT2D eigenvalue weighted by molar-refractivity contribution is -0.128. The largest absolute Gasteiger partial charge is 0.380 e. The molecule has 1 heterocycles. The quantitative estimate of drug-likeness (QED) is 0.923. The van der Waals surface area contributed by atoms with E-state index in [-0.39, 0.29) is 11.5 Å². The maximum atomic E-state index is 12.2. The zero-order valence-corrected chi connectivity index (χ0v) is 13.4. The Kier molecular flexibility index (Phi) is 4.39. The molecule has 21 heavy (non-hydrogen) atoms. The fourth-order valence-corrected chi connectivity index (χ4v) is 3.28. The number of nitrogens with one attached hydrogen (secondary N) is 1. The lowest BCUT2D eigenvalue weighted by Gasteiger charge is -2.20. The average molecular weight is 311 g/mol. The predicted octanol–water partition coefficient (Wildman–Crippen LogP) is 2.04. The number of hydrogen-bond donors (Lipinski definition) is 1. The molecule has 1 saturated heterocycles. The van der Waals surface area contributed by atoms with Gasteiger partial charge in [0.2, 0.25) is 5.91 Å². The first-order chi connectivity index (χ1) is 9.74. The number of benzene rings is 1. The summed E-state index contributed by atoms with van der Waals surface area (Å²) in [6.07, 6.45) is 0.528. The van der Waals surface area contributed by atoms with Crippen LogP contribution in [0.1, 0.15) is 38.7 Å². The van der Waals surface area contributed by atoms with E-state index >= 15 is 0 Å². The molecule has 0 bridgehead atoms. The first-order valence-corrected chi connectivity index (χ1v) is 8.48. The SMILES string of the molecule is CC(C)c1ccc(S(=O)(=O)NC(=O)C2(C)CCOC2)cc1. The number of hydrogen-bond acceptors (Lipinski definition) is 4. The van der Waals surface area contributed by atoms with Crippen molar-refractivity contribution in [3.8, 4) is 0 Å². The molecule has 6 heteroatoms. The van der Waals surface area contributed by atoms with Gasteiger partial charge < -0.3 is 4.74 Å². The molecular weight excluding hydrogens is 290 g/mol. The van der Waals surface area contributed by atoms with E-state index < -0.39 is 21.3 Å². The van der Waals surface area contributed by atoms with Crippen molar-refractivity contribution in [3.63, 3.8) is 0 Å². The van der Waals surface area contributed by atoms with Crippen molar-refractivity contribution in [2.24, 2.45) is 5.41 Å². The molecule has 0 spiro atoms. The molecule has 1 fully saturated rings. The van der Waals surface area contributed by atoms with Gasteiger partial charge >= 0.3 is 0 Å². The molecule has 1 N–H and O–H groups in total. The Bertz CT molecular complexity index is 614. The van der Waals surface area contributed by atoms with Gasteiger partial charge in [0, 0.05) is 6.61 Å². The summed E-state index contributed by atoms with van der Waals surface area (Å²) in [5.41, 5.74) is 0.279. The summed E-state index contributed by atoms with van der Waals surface area (Å²) in [4.78, 5) is 12.3. The van der Waals surface area contributed by atoms with E-state index in [2.05, 4.69) is 4.72 Å². The Morgan fingerprint density at radius 2 is 1.90 bits per heavy atom. The van der Waals surface area contributed by atoms with Crippen LogP contribution < -0.4 is 4.72 Å². The lowest BCUT2D eigenvalue weighted by Crippen LogP contribution is -2.42. The third kappa shape index (κ3) is 3.44. The normalized spacial score (nSPS) is 22.5. The molecule has 1 aromatic carbocycles. The average Bonchev–Trinajstić information content (AvgIpc) is 2.87. The number of sulfonamides is 1. The van der Waals surface area contributed by atoms with Crippen LogP contribution in [0.3, 0.4) is 0 Å². The zero-order valence-electron chi connectivity index (χ0n) is 12.5. The third-order valence-electron chi connectivity index (χ3n) is 3.85. The second kappa shape index (κ2) is 5.77. The molecule has 1 aromatic rings. The van der Waals surface area contributed by atoms with Crippen molar-refractivity contribution < 1.29 is 17.9 Å².